The van der Waals surface area contributed by atoms with Gasteiger partial charge in [0.25, 0.3) is 0 Å². The lowest BCUT2D eigenvalue weighted by Gasteiger charge is -2.38. The maximum atomic E-state index is 9.24. The summed E-state index contributed by atoms with van der Waals surface area (Å²) in [5.74, 6) is 0. The van der Waals surface area contributed by atoms with Crippen LogP contribution in [0, 0.1) is 11.3 Å². The molecule has 2 rings (SSSR count). The first-order valence-corrected chi connectivity index (χ1v) is 7.81. The largest absolute Gasteiger partial charge is 0.377 e. The van der Waals surface area contributed by atoms with Gasteiger partial charge in [0.1, 0.15) is 4.75 Å². The Kier molecular flexibility index (Phi) is 4.72. The van der Waals surface area contributed by atoms with E-state index in [2.05, 4.69) is 17.2 Å². The van der Waals surface area contributed by atoms with Gasteiger partial charge < -0.3 is 9.64 Å². The van der Waals surface area contributed by atoms with Gasteiger partial charge in [0, 0.05) is 26.2 Å². The molecule has 1 atom stereocenters. The standard InChI is InChI=1S/C13H22N2OS/c1-17-13(11-14)5-7-15(8-6-13)10-12-4-2-3-9-16-12/h12H,2-10H2,1H3. The van der Waals surface area contributed by atoms with Crippen LogP contribution in [0.5, 0.6) is 0 Å². The van der Waals surface area contributed by atoms with Crippen molar-refractivity contribution < 1.29 is 4.74 Å². The Balaban J connectivity index is 1.77. The molecule has 0 aromatic carbocycles. The molecular weight excluding hydrogens is 232 g/mol. The summed E-state index contributed by atoms with van der Waals surface area (Å²) in [7, 11) is 0. The summed E-state index contributed by atoms with van der Waals surface area (Å²) in [5.41, 5.74) is 0. The fourth-order valence-electron chi connectivity index (χ4n) is 2.70. The van der Waals surface area contributed by atoms with E-state index in [0.717, 1.165) is 39.1 Å². The molecule has 0 bridgehead atoms. The number of likely N-dealkylation sites (tertiary alicyclic amines) is 1. The van der Waals surface area contributed by atoms with Crippen LogP contribution in [0.4, 0.5) is 0 Å². The summed E-state index contributed by atoms with van der Waals surface area (Å²) in [4.78, 5) is 2.47. The third-order valence-electron chi connectivity index (χ3n) is 3.99. The molecule has 17 heavy (non-hydrogen) atoms. The van der Waals surface area contributed by atoms with E-state index in [-0.39, 0.29) is 4.75 Å². The van der Waals surface area contributed by atoms with E-state index >= 15 is 0 Å². The lowest BCUT2D eigenvalue weighted by Crippen LogP contribution is -2.45. The summed E-state index contributed by atoms with van der Waals surface area (Å²) in [6.07, 6.45) is 8.24. The second-order valence-corrected chi connectivity index (χ2v) is 6.29. The smallest absolute Gasteiger partial charge is 0.104 e. The molecule has 0 radical (unpaired) electrons. The first kappa shape index (κ1) is 13.2. The van der Waals surface area contributed by atoms with Gasteiger partial charge in [-0.05, 0) is 38.4 Å². The molecule has 2 saturated heterocycles. The quantitative estimate of drug-likeness (QED) is 0.774. The monoisotopic (exact) mass is 254 g/mol. The average molecular weight is 254 g/mol. The lowest BCUT2D eigenvalue weighted by molar-refractivity contribution is -0.00922. The van der Waals surface area contributed by atoms with E-state index in [9.17, 15) is 5.26 Å². The highest BCUT2D eigenvalue weighted by Crippen LogP contribution is 2.34. The van der Waals surface area contributed by atoms with Gasteiger partial charge in [-0.2, -0.15) is 5.26 Å². The Labute approximate surface area is 108 Å². The van der Waals surface area contributed by atoms with Crippen molar-refractivity contribution in [1.82, 2.24) is 4.90 Å². The predicted octanol–water partition coefficient (Wildman–Crippen LogP) is 2.28. The second kappa shape index (κ2) is 6.08. The zero-order valence-electron chi connectivity index (χ0n) is 10.7. The number of hydrogen-bond donors (Lipinski definition) is 0. The van der Waals surface area contributed by atoms with Crippen LogP contribution >= 0.6 is 11.8 Å². The Morgan fingerprint density at radius 2 is 2.18 bits per heavy atom. The minimum atomic E-state index is -0.121. The van der Waals surface area contributed by atoms with E-state index in [0.29, 0.717) is 6.10 Å². The number of ether oxygens (including phenoxy) is 1. The van der Waals surface area contributed by atoms with Crippen LogP contribution in [0.3, 0.4) is 0 Å². The summed E-state index contributed by atoms with van der Waals surface area (Å²) in [6.45, 7) is 4.10. The third kappa shape index (κ3) is 3.37. The maximum absolute atomic E-state index is 9.24. The van der Waals surface area contributed by atoms with Gasteiger partial charge in [-0.15, -0.1) is 11.8 Å². The fourth-order valence-corrected chi connectivity index (χ4v) is 3.38. The minimum absolute atomic E-state index is 0.121. The molecule has 2 aliphatic heterocycles. The molecule has 4 heteroatoms. The van der Waals surface area contributed by atoms with E-state index in [1.807, 2.05) is 0 Å². The van der Waals surface area contributed by atoms with Gasteiger partial charge in [-0.1, -0.05) is 0 Å². The predicted molar refractivity (Wildman–Crippen MR) is 71.1 cm³/mol. The second-order valence-electron chi connectivity index (χ2n) is 5.10. The van der Waals surface area contributed by atoms with E-state index in [1.165, 1.54) is 19.3 Å². The van der Waals surface area contributed by atoms with Gasteiger partial charge in [0.05, 0.1) is 12.2 Å². The van der Waals surface area contributed by atoms with Crippen LogP contribution in [-0.4, -0.2) is 48.2 Å². The lowest BCUT2D eigenvalue weighted by atomic mass is 9.96. The molecule has 3 nitrogen and oxygen atoms in total. The summed E-state index contributed by atoms with van der Waals surface area (Å²) in [5, 5.41) is 9.24. The van der Waals surface area contributed by atoms with Gasteiger partial charge in [0.15, 0.2) is 0 Å². The van der Waals surface area contributed by atoms with Crippen molar-refractivity contribution >= 4 is 11.8 Å². The molecule has 0 spiro atoms. The molecule has 0 aromatic rings. The molecule has 2 aliphatic rings. The van der Waals surface area contributed by atoms with Crippen molar-refractivity contribution in [2.75, 3.05) is 32.5 Å². The van der Waals surface area contributed by atoms with Crippen molar-refractivity contribution in [3.05, 3.63) is 0 Å². The Morgan fingerprint density at radius 3 is 2.71 bits per heavy atom. The minimum Gasteiger partial charge on any atom is -0.377 e. The Morgan fingerprint density at radius 1 is 1.41 bits per heavy atom. The summed E-state index contributed by atoms with van der Waals surface area (Å²) >= 11 is 1.72. The summed E-state index contributed by atoms with van der Waals surface area (Å²) < 4.78 is 5.65. The highest BCUT2D eigenvalue weighted by molar-refractivity contribution is 8.00. The molecule has 0 aliphatic carbocycles. The highest BCUT2D eigenvalue weighted by atomic mass is 32.2. The number of rotatable bonds is 3. The molecule has 1 unspecified atom stereocenters. The number of thioether (sulfide) groups is 1. The van der Waals surface area contributed by atoms with Crippen molar-refractivity contribution in [2.45, 2.75) is 43.0 Å². The van der Waals surface area contributed by atoms with Gasteiger partial charge in [-0.25, -0.2) is 0 Å². The SMILES string of the molecule is CSC1(C#N)CCN(CC2CCCCO2)CC1. The molecule has 2 fully saturated rings. The molecule has 0 aromatic heterocycles. The molecular formula is C13H22N2OS. The molecule has 0 saturated carbocycles. The number of piperidine rings is 1. The van der Waals surface area contributed by atoms with E-state index < -0.39 is 0 Å². The van der Waals surface area contributed by atoms with Crippen LogP contribution in [0.2, 0.25) is 0 Å². The van der Waals surface area contributed by atoms with Crippen molar-refractivity contribution in [3.63, 3.8) is 0 Å². The highest BCUT2D eigenvalue weighted by Gasteiger charge is 2.34. The van der Waals surface area contributed by atoms with Crippen molar-refractivity contribution in [2.24, 2.45) is 0 Å². The van der Waals surface area contributed by atoms with Crippen LogP contribution < -0.4 is 0 Å². The summed E-state index contributed by atoms with van der Waals surface area (Å²) in [6, 6.07) is 2.50. The number of hydrogen-bond acceptors (Lipinski definition) is 4. The molecule has 0 N–H and O–H groups in total. The van der Waals surface area contributed by atoms with Gasteiger partial charge in [0.2, 0.25) is 0 Å². The fraction of sp³-hybridized carbons (Fsp3) is 0.923. The first-order valence-electron chi connectivity index (χ1n) is 6.58. The number of nitriles is 1. The van der Waals surface area contributed by atoms with Crippen LogP contribution in [0.15, 0.2) is 0 Å². The Bertz CT molecular complexity index is 276. The molecule has 0 amide bonds. The molecule has 96 valence electrons. The maximum Gasteiger partial charge on any atom is 0.104 e. The van der Waals surface area contributed by atoms with Crippen molar-refractivity contribution in [1.29, 1.82) is 5.26 Å². The van der Waals surface area contributed by atoms with Crippen molar-refractivity contribution in [3.8, 4) is 6.07 Å². The number of nitrogens with zero attached hydrogens (tertiary/aromatic N) is 2. The van der Waals surface area contributed by atoms with E-state index in [4.69, 9.17) is 4.74 Å². The molecule has 2 heterocycles. The van der Waals surface area contributed by atoms with E-state index in [1.54, 1.807) is 11.8 Å². The van der Waals surface area contributed by atoms with Crippen LogP contribution in [0.1, 0.15) is 32.1 Å². The first-order chi connectivity index (χ1) is 8.28. The normalized spacial score (nSPS) is 29.8. The average Bonchev–Trinajstić information content (AvgIpc) is 2.41. The van der Waals surface area contributed by atoms with Crippen LogP contribution in [-0.2, 0) is 4.74 Å². The zero-order valence-corrected chi connectivity index (χ0v) is 11.5. The topological polar surface area (TPSA) is 36.3 Å². The van der Waals surface area contributed by atoms with Gasteiger partial charge in [-0.3, -0.25) is 0 Å². The third-order valence-corrected chi connectivity index (χ3v) is 5.28. The van der Waals surface area contributed by atoms with Crippen LogP contribution in [0.25, 0.3) is 0 Å². The van der Waals surface area contributed by atoms with Gasteiger partial charge >= 0.3 is 0 Å². The Hall–Kier alpha value is -0.240. The zero-order chi connectivity index (χ0) is 12.1.